The molecule has 0 saturated heterocycles. The Morgan fingerprint density at radius 2 is 1.96 bits per heavy atom. The predicted octanol–water partition coefficient (Wildman–Crippen LogP) is 4.22. The first-order valence-electron chi connectivity index (χ1n) is 7.31. The second kappa shape index (κ2) is 6.38. The van der Waals surface area contributed by atoms with Gasteiger partial charge in [0, 0.05) is 22.0 Å². The Balaban J connectivity index is 1.85. The van der Waals surface area contributed by atoms with Crippen LogP contribution in [0.15, 0.2) is 47.8 Å². The van der Waals surface area contributed by atoms with Crippen molar-refractivity contribution in [1.82, 2.24) is 9.88 Å². The molecule has 2 aromatic heterocycles. The van der Waals surface area contributed by atoms with Crippen LogP contribution in [0.2, 0.25) is 0 Å². The number of hydrogen-bond donors (Lipinski definition) is 1. The van der Waals surface area contributed by atoms with Gasteiger partial charge in [0.25, 0.3) is 5.91 Å². The molecule has 0 aliphatic rings. The molecule has 3 aromatic rings. The summed E-state index contributed by atoms with van der Waals surface area (Å²) in [6, 6.07) is 12.1. The molecule has 0 fully saturated rings. The normalized spacial score (nSPS) is 10.7. The lowest BCUT2D eigenvalue weighted by atomic mass is 10.2. The zero-order valence-electron chi connectivity index (χ0n) is 13.0. The fourth-order valence-electron chi connectivity index (χ4n) is 2.66. The first kappa shape index (κ1) is 15.5. The Morgan fingerprint density at radius 3 is 2.61 bits per heavy atom. The lowest BCUT2D eigenvalue weighted by Crippen LogP contribution is -2.22. The Kier molecular flexibility index (Phi) is 4.30. The van der Waals surface area contributed by atoms with E-state index in [4.69, 9.17) is 0 Å². The number of rotatable bonds is 4. The minimum Gasteiger partial charge on any atom is -0.347 e. The molecular weight excluding hydrogens is 311 g/mol. The fraction of sp³-hybridized carbons (Fsp3) is 0.167. The van der Waals surface area contributed by atoms with E-state index < -0.39 is 0 Å². The van der Waals surface area contributed by atoms with Gasteiger partial charge in [0.1, 0.15) is 5.82 Å². The van der Waals surface area contributed by atoms with Crippen LogP contribution >= 0.6 is 11.3 Å². The van der Waals surface area contributed by atoms with Gasteiger partial charge in [-0.25, -0.2) is 4.39 Å². The molecule has 0 radical (unpaired) electrons. The van der Waals surface area contributed by atoms with E-state index in [2.05, 4.69) is 5.32 Å². The van der Waals surface area contributed by atoms with Crippen molar-refractivity contribution >= 4 is 17.2 Å². The number of aryl methyl sites for hydroxylation is 1. The molecule has 0 aliphatic carbocycles. The Labute approximate surface area is 138 Å². The molecule has 0 atom stereocenters. The SMILES string of the molecule is Cc1cc(C(=O)NCc2cccs2)c(C)n1-c1ccc(F)cc1. The molecule has 3 nitrogen and oxygen atoms in total. The van der Waals surface area contributed by atoms with Crippen LogP contribution in [0.5, 0.6) is 0 Å². The summed E-state index contributed by atoms with van der Waals surface area (Å²) in [5.41, 5.74) is 3.27. The number of amides is 1. The maximum absolute atomic E-state index is 13.1. The van der Waals surface area contributed by atoms with Crippen molar-refractivity contribution in [3.8, 4) is 5.69 Å². The van der Waals surface area contributed by atoms with E-state index in [9.17, 15) is 9.18 Å². The monoisotopic (exact) mass is 328 g/mol. The summed E-state index contributed by atoms with van der Waals surface area (Å²) in [5.74, 6) is -0.370. The third-order valence-corrected chi connectivity index (χ3v) is 4.64. The quantitative estimate of drug-likeness (QED) is 0.764. The highest BCUT2D eigenvalue weighted by atomic mass is 32.1. The van der Waals surface area contributed by atoms with Crippen molar-refractivity contribution in [2.45, 2.75) is 20.4 Å². The van der Waals surface area contributed by atoms with E-state index in [1.54, 1.807) is 23.5 Å². The van der Waals surface area contributed by atoms with Crippen molar-refractivity contribution in [1.29, 1.82) is 0 Å². The highest BCUT2D eigenvalue weighted by molar-refractivity contribution is 7.09. The maximum atomic E-state index is 13.1. The Bertz CT molecular complexity index is 820. The third kappa shape index (κ3) is 3.19. The number of hydrogen-bond acceptors (Lipinski definition) is 2. The van der Waals surface area contributed by atoms with Gasteiger partial charge in [-0.15, -0.1) is 11.3 Å². The van der Waals surface area contributed by atoms with Crippen LogP contribution in [0.4, 0.5) is 4.39 Å². The van der Waals surface area contributed by atoms with Gasteiger partial charge in [0.15, 0.2) is 0 Å². The minimum absolute atomic E-state index is 0.0974. The smallest absolute Gasteiger partial charge is 0.253 e. The summed E-state index contributed by atoms with van der Waals surface area (Å²) in [4.78, 5) is 13.5. The largest absolute Gasteiger partial charge is 0.347 e. The van der Waals surface area contributed by atoms with Gasteiger partial charge in [-0.2, -0.15) is 0 Å². The minimum atomic E-state index is -0.273. The molecule has 0 spiro atoms. The van der Waals surface area contributed by atoms with Gasteiger partial charge in [0.05, 0.1) is 12.1 Å². The lowest BCUT2D eigenvalue weighted by Gasteiger charge is -2.10. The van der Waals surface area contributed by atoms with Crippen LogP contribution in [0.25, 0.3) is 5.69 Å². The summed E-state index contributed by atoms with van der Waals surface area (Å²) >= 11 is 1.62. The second-order valence-corrected chi connectivity index (χ2v) is 6.39. The summed E-state index contributed by atoms with van der Waals surface area (Å²) in [6.45, 7) is 4.36. The maximum Gasteiger partial charge on any atom is 0.253 e. The van der Waals surface area contributed by atoms with Crippen LogP contribution in [-0.4, -0.2) is 10.5 Å². The first-order valence-corrected chi connectivity index (χ1v) is 8.19. The molecule has 5 heteroatoms. The average Bonchev–Trinajstić information content (AvgIpc) is 3.14. The topological polar surface area (TPSA) is 34.0 Å². The van der Waals surface area contributed by atoms with Crippen LogP contribution in [0.1, 0.15) is 26.6 Å². The van der Waals surface area contributed by atoms with Crippen LogP contribution in [0.3, 0.4) is 0 Å². The average molecular weight is 328 g/mol. The molecule has 1 N–H and O–H groups in total. The summed E-state index contributed by atoms with van der Waals surface area (Å²) in [7, 11) is 0. The zero-order valence-corrected chi connectivity index (χ0v) is 13.8. The van der Waals surface area contributed by atoms with Crippen LogP contribution < -0.4 is 5.32 Å². The summed E-state index contributed by atoms with van der Waals surface area (Å²) < 4.78 is 15.1. The standard InChI is InChI=1S/C18H17FN2OS/c1-12-10-17(18(22)20-11-16-4-3-9-23-16)13(2)21(12)15-7-5-14(19)6-8-15/h3-10H,11H2,1-2H3,(H,20,22). The van der Waals surface area contributed by atoms with Gasteiger partial charge in [0.2, 0.25) is 0 Å². The van der Waals surface area contributed by atoms with E-state index in [0.29, 0.717) is 12.1 Å². The molecule has 0 aliphatic heterocycles. The van der Waals surface area contributed by atoms with E-state index in [1.807, 2.05) is 42.0 Å². The van der Waals surface area contributed by atoms with Crippen molar-refractivity contribution in [3.63, 3.8) is 0 Å². The molecule has 0 saturated carbocycles. The van der Waals surface area contributed by atoms with Gasteiger partial charge in [-0.3, -0.25) is 4.79 Å². The molecule has 1 aromatic carbocycles. The van der Waals surface area contributed by atoms with Gasteiger partial charge in [-0.1, -0.05) is 6.07 Å². The number of nitrogens with zero attached hydrogens (tertiary/aromatic N) is 1. The number of halogens is 1. The first-order chi connectivity index (χ1) is 11.1. The molecular formula is C18H17FN2OS. The number of carbonyl (C=O) groups is 1. The highest BCUT2D eigenvalue weighted by Gasteiger charge is 2.16. The number of aromatic nitrogens is 1. The van der Waals surface area contributed by atoms with E-state index in [-0.39, 0.29) is 11.7 Å². The Morgan fingerprint density at radius 1 is 1.22 bits per heavy atom. The number of carbonyl (C=O) groups excluding carboxylic acids is 1. The van der Waals surface area contributed by atoms with Crippen LogP contribution in [-0.2, 0) is 6.54 Å². The van der Waals surface area contributed by atoms with Crippen molar-refractivity contribution < 1.29 is 9.18 Å². The summed E-state index contributed by atoms with van der Waals surface area (Å²) in [5, 5.41) is 4.93. The molecule has 2 heterocycles. The number of benzene rings is 1. The lowest BCUT2D eigenvalue weighted by molar-refractivity contribution is 0.0950. The number of nitrogens with one attached hydrogen (secondary N) is 1. The molecule has 23 heavy (non-hydrogen) atoms. The third-order valence-electron chi connectivity index (χ3n) is 3.76. The van der Waals surface area contributed by atoms with Gasteiger partial charge < -0.3 is 9.88 Å². The summed E-state index contributed by atoms with van der Waals surface area (Å²) in [6.07, 6.45) is 0. The van der Waals surface area contributed by atoms with Gasteiger partial charge in [-0.05, 0) is 55.6 Å². The number of thiophene rings is 1. The fourth-order valence-corrected chi connectivity index (χ4v) is 3.30. The molecule has 0 bridgehead atoms. The van der Waals surface area contributed by atoms with Crippen molar-refractivity contribution in [3.05, 3.63) is 75.5 Å². The Hall–Kier alpha value is -2.40. The van der Waals surface area contributed by atoms with E-state index in [0.717, 1.165) is 22.0 Å². The molecule has 1 amide bonds. The predicted molar refractivity (Wildman–Crippen MR) is 90.7 cm³/mol. The van der Waals surface area contributed by atoms with Crippen molar-refractivity contribution in [2.75, 3.05) is 0 Å². The van der Waals surface area contributed by atoms with Gasteiger partial charge >= 0.3 is 0 Å². The molecule has 118 valence electrons. The molecule has 3 rings (SSSR count). The van der Waals surface area contributed by atoms with E-state index >= 15 is 0 Å². The van der Waals surface area contributed by atoms with E-state index in [1.165, 1.54) is 12.1 Å². The molecule has 0 unspecified atom stereocenters. The van der Waals surface area contributed by atoms with Crippen LogP contribution in [0, 0.1) is 19.7 Å². The van der Waals surface area contributed by atoms with Crippen molar-refractivity contribution in [2.24, 2.45) is 0 Å². The highest BCUT2D eigenvalue weighted by Crippen LogP contribution is 2.21. The second-order valence-electron chi connectivity index (χ2n) is 5.36. The zero-order chi connectivity index (χ0) is 16.4.